The Bertz CT molecular complexity index is 1550. The summed E-state index contributed by atoms with van der Waals surface area (Å²) in [7, 11) is 4.03. The fourth-order valence-corrected chi connectivity index (χ4v) is 5.12. The Morgan fingerprint density at radius 1 is 0.710 bits per heavy atom. The van der Waals surface area contributed by atoms with Crippen molar-refractivity contribution >= 4 is 61.1 Å². The summed E-state index contributed by atoms with van der Waals surface area (Å²) in [6.45, 7) is 3.56. The Balaban J connectivity index is 1.98. The molecule has 0 unspecified atom stereocenters. The lowest BCUT2D eigenvalue weighted by Gasteiger charge is -2.07. The fraction of sp³-hybridized carbons (Fsp3) is 0.160. The van der Waals surface area contributed by atoms with Crippen molar-refractivity contribution in [1.29, 1.82) is 0 Å². The van der Waals surface area contributed by atoms with Gasteiger partial charge in [0.05, 0.1) is 22.2 Å². The lowest BCUT2D eigenvalue weighted by Crippen LogP contribution is -2.24. The van der Waals surface area contributed by atoms with Crippen LogP contribution in [0.25, 0.3) is 43.6 Å². The third kappa shape index (κ3) is 2.04. The maximum Gasteiger partial charge on any atom is 0.283 e. The predicted octanol–water partition coefficient (Wildman–Crippen LogP) is 4.97. The maximum atomic E-state index is 13.6. The molecule has 0 aliphatic carbocycles. The standard InChI is InChI=1S/C25H20N4O2/c1-13(2)26-29-24(30)20-18-14-9-5-7-11-16(14)27(3)22(18)23-19(21(20)25(29)31)15-10-6-8-12-17(15)28(23)4/h5-12H,1-4H3. The number of rotatable bonds is 1. The number of aromatic nitrogens is 2. The second-order valence-electron chi connectivity index (χ2n) is 8.32. The van der Waals surface area contributed by atoms with Gasteiger partial charge in [0.2, 0.25) is 0 Å². The molecule has 0 N–H and O–H groups in total. The summed E-state index contributed by atoms with van der Waals surface area (Å²) in [4.78, 5) is 27.2. The van der Waals surface area contributed by atoms with Crippen LogP contribution in [0.1, 0.15) is 34.6 Å². The summed E-state index contributed by atoms with van der Waals surface area (Å²) in [6.07, 6.45) is 0. The van der Waals surface area contributed by atoms with Crippen molar-refractivity contribution in [3.05, 3.63) is 59.7 Å². The van der Waals surface area contributed by atoms with Crippen LogP contribution in [0, 0.1) is 0 Å². The Kier molecular flexibility index (Phi) is 3.36. The van der Waals surface area contributed by atoms with Gasteiger partial charge in [-0.2, -0.15) is 10.1 Å². The average molecular weight is 408 g/mol. The van der Waals surface area contributed by atoms with Gasteiger partial charge >= 0.3 is 0 Å². The Labute approximate surface area is 177 Å². The highest BCUT2D eigenvalue weighted by Crippen LogP contribution is 2.45. The van der Waals surface area contributed by atoms with Gasteiger partial charge in [-0.05, 0) is 26.0 Å². The van der Waals surface area contributed by atoms with Gasteiger partial charge in [0.25, 0.3) is 11.8 Å². The van der Waals surface area contributed by atoms with Crippen LogP contribution in [-0.2, 0) is 14.1 Å². The van der Waals surface area contributed by atoms with Gasteiger partial charge in [-0.25, -0.2) is 0 Å². The molecule has 6 rings (SSSR count). The van der Waals surface area contributed by atoms with Crippen molar-refractivity contribution in [2.24, 2.45) is 19.2 Å². The second kappa shape index (κ2) is 5.82. The molecule has 31 heavy (non-hydrogen) atoms. The first-order valence-corrected chi connectivity index (χ1v) is 10.2. The highest BCUT2D eigenvalue weighted by atomic mass is 16.2. The lowest BCUT2D eigenvalue weighted by molar-refractivity contribution is 0.0660. The molecule has 2 aromatic heterocycles. The maximum absolute atomic E-state index is 13.6. The predicted molar refractivity (Wildman–Crippen MR) is 124 cm³/mol. The first-order chi connectivity index (χ1) is 14.9. The van der Waals surface area contributed by atoms with E-state index in [9.17, 15) is 9.59 Å². The fourth-order valence-electron chi connectivity index (χ4n) is 5.12. The highest BCUT2D eigenvalue weighted by molar-refractivity contribution is 6.39. The van der Waals surface area contributed by atoms with Crippen LogP contribution >= 0.6 is 0 Å². The minimum atomic E-state index is -0.364. The summed E-state index contributed by atoms with van der Waals surface area (Å²) in [5.41, 5.74) is 5.49. The van der Waals surface area contributed by atoms with Crippen molar-refractivity contribution in [2.45, 2.75) is 13.8 Å². The highest BCUT2D eigenvalue weighted by Gasteiger charge is 2.42. The number of para-hydroxylation sites is 2. The molecule has 0 atom stereocenters. The van der Waals surface area contributed by atoms with Crippen molar-refractivity contribution in [3.63, 3.8) is 0 Å². The molecule has 1 aliphatic heterocycles. The zero-order chi connectivity index (χ0) is 21.6. The van der Waals surface area contributed by atoms with E-state index >= 15 is 0 Å². The molecule has 2 amide bonds. The number of carbonyl (C=O) groups excluding carboxylic acids is 2. The summed E-state index contributed by atoms with van der Waals surface area (Å²) in [5.74, 6) is -0.727. The number of benzene rings is 3. The number of aryl methyl sites for hydroxylation is 2. The Morgan fingerprint density at radius 3 is 1.55 bits per heavy atom. The summed E-state index contributed by atoms with van der Waals surface area (Å²) >= 11 is 0. The molecule has 6 nitrogen and oxygen atoms in total. The van der Waals surface area contributed by atoms with E-state index in [0.717, 1.165) is 48.6 Å². The molecule has 0 spiro atoms. The smallest absolute Gasteiger partial charge is 0.283 e. The van der Waals surface area contributed by atoms with E-state index in [1.54, 1.807) is 13.8 Å². The molecule has 5 aromatic rings. The number of amides is 2. The molecular weight excluding hydrogens is 388 g/mol. The van der Waals surface area contributed by atoms with E-state index in [-0.39, 0.29) is 11.8 Å². The topological polar surface area (TPSA) is 59.6 Å². The van der Waals surface area contributed by atoms with Crippen molar-refractivity contribution in [2.75, 3.05) is 0 Å². The van der Waals surface area contributed by atoms with Crippen LogP contribution in [0.15, 0.2) is 53.6 Å². The number of nitrogens with zero attached hydrogens (tertiary/aromatic N) is 4. The second-order valence-corrected chi connectivity index (χ2v) is 8.32. The van der Waals surface area contributed by atoms with Crippen LogP contribution in [0.4, 0.5) is 0 Å². The molecule has 0 saturated carbocycles. The molecule has 3 heterocycles. The number of hydrazone groups is 1. The van der Waals surface area contributed by atoms with Crippen LogP contribution in [0.5, 0.6) is 0 Å². The van der Waals surface area contributed by atoms with E-state index in [2.05, 4.69) is 14.2 Å². The van der Waals surface area contributed by atoms with Crippen molar-refractivity contribution in [1.82, 2.24) is 14.1 Å². The minimum absolute atomic E-state index is 0.364. The number of hydrogen-bond donors (Lipinski definition) is 0. The van der Waals surface area contributed by atoms with Crippen molar-refractivity contribution < 1.29 is 9.59 Å². The SMILES string of the molecule is CC(C)=NN1C(=O)c2c(c3c4ccccc4n(C)c3c3c2c2ccccc2n3C)C1=O. The third-order valence-electron chi connectivity index (χ3n) is 6.30. The first kappa shape index (κ1) is 17.9. The molecule has 1 aliphatic rings. The van der Waals surface area contributed by atoms with Crippen molar-refractivity contribution in [3.8, 4) is 0 Å². The summed E-state index contributed by atoms with van der Waals surface area (Å²) in [6, 6.07) is 16.0. The quantitative estimate of drug-likeness (QED) is 0.290. The van der Waals surface area contributed by atoms with Crippen LogP contribution < -0.4 is 0 Å². The van der Waals surface area contributed by atoms with Gasteiger partial charge in [0.15, 0.2) is 0 Å². The van der Waals surface area contributed by atoms with Gasteiger partial charge in [0.1, 0.15) is 0 Å². The molecular formula is C25H20N4O2. The summed E-state index contributed by atoms with van der Waals surface area (Å²) < 4.78 is 4.25. The lowest BCUT2D eigenvalue weighted by atomic mass is 9.97. The molecule has 152 valence electrons. The number of hydrogen-bond acceptors (Lipinski definition) is 3. The van der Waals surface area contributed by atoms with E-state index in [1.807, 2.05) is 62.6 Å². The third-order valence-corrected chi connectivity index (χ3v) is 6.30. The molecule has 0 bridgehead atoms. The van der Waals surface area contributed by atoms with Crippen LogP contribution in [0.3, 0.4) is 0 Å². The molecule has 3 aromatic carbocycles. The number of carbonyl (C=O) groups is 2. The minimum Gasteiger partial charge on any atom is -0.342 e. The summed E-state index contributed by atoms with van der Waals surface area (Å²) in [5, 5.41) is 8.86. The number of imide groups is 1. The van der Waals surface area contributed by atoms with Crippen LogP contribution in [0.2, 0.25) is 0 Å². The first-order valence-electron chi connectivity index (χ1n) is 10.2. The monoisotopic (exact) mass is 408 g/mol. The van der Waals surface area contributed by atoms with E-state index in [4.69, 9.17) is 0 Å². The Hall–Kier alpha value is -3.93. The molecule has 0 saturated heterocycles. The number of fused-ring (bicyclic) bond motifs is 10. The van der Waals surface area contributed by atoms with Gasteiger partial charge in [-0.15, -0.1) is 0 Å². The normalized spacial score (nSPS) is 13.9. The van der Waals surface area contributed by atoms with E-state index < -0.39 is 0 Å². The van der Waals surface area contributed by atoms with Gasteiger partial charge in [0, 0.05) is 52.4 Å². The Morgan fingerprint density at radius 2 is 1.13 bits per heavy atom. The van der Waals surface area contributed by atoms with Gasteiger partial charge in [-0.3, -0.25) is 9.59 Å². The molecule has 0 radical (unpaired) electrons. The molecule has 0 fully saturated rings. The van der Waals surface area contributed by atoms with Gasteiger partial charge < -0.3 is 9.13 Å². The zero-order valence-corrected chi connectivity index (χ0v) is 17.7. The van der Waals surface area contributed by atoms with Gasteiger partial charge in [-0.1, -0.05) is 36.4 Å². The average Bonchev–Trinajstić information content (AvgIpc) is 3.31. The van der Waals surface area contributed by atoms with E-state index in [1.165, 1.54) is 0 Å². The molecule has 6 heteroatoms. The largest absolute Gasteiger partial charge is 0.342 e. The van der Waals surface area contributed by atoms with Crippen LogP contribution in [-0.4, -0.2) is 31.7 Å². The zero-order valence-electron chi connectivity index (χ0n) is 17.7. The van der Waals surface area contributed by atoms with E-state index in [0.29, 0.717) is 16.8 Å².